The lowest BCUT2D eigenvalue weighted by atomic mass is 9.49. The van der Waals surface area contributed by atoms with Crippen LogP contribution in [0.1, 0.15) is 48.9 Å². The molecule has 2 aliphatic carbocycles. The molecule has 0 fully saturated rings. The number of ether oxygens (including phenoxy) is 2. The van der Waals surface area contributed by atoms with Gasteiger partial charge in [-0.25, -0.2) is 0 Å². The molecule has 0 bridgehead atoms. The third-order valence-electron chi connectivity index (χ3n) is 9.29. The van der Waals surface area contributed by atoms with E-state index in [1.807, 2.05) is 13.8 Å². The summed E-state index contributed by atoms with van der Waals surface area (Å²) in [5.74, 6) is -1.27. The van der Waals surface area contributed by atoms with Gasteiger partial charge in [0.1, 0.15) is 0 Å². The summed E-state index contributed by atoms with van der Waals surface area (Å²) >= 11 is 0. The Balaban J connectivity index is 1.80. The van der Waals surface area contributed by atoms with Crippen LogP contribution >= 0.6 is 0 Å². The molecule has 2 atom stereocenters. The SMILES string of the molecule is COC(=O)C(C)CC1(C2(CC(C)C(=O)OC)c3ccccc3-c3ccccc32)c2ccccc2-c2ccccc21. The van der Waals surface area contributed by atoms with Crippen molar-refractivity contribution in [1.29, 1.82) is 0 Å². The molecule has 2 aliphatic rings. The van der Waals surface area contributed by atoms with Crippen LogP contribution in [0, 0.1) is 11.8 Å². The number of carbonyl (C=O) groups excluding carboxylic acids is 2. The highest BCUT2D eigenvalue weighted by Crippen LogP contribution is 2.68. The number of benzene rings is 4. The van der Waals surface area contributed by atoms with Gasteiger partial charge < -0.3 is 9.47 Å². The molecule has 4 heteroatoms. The number of rotatable bonds is 7. The van der Waals surface area contributed by atoms with Gasteiger partial charge in [-0.2, -0.15) is 0 Å². The van der Waals surface area contributed by atoms with Crippen LogP contribution in [0.3, 0.4) is 0 Å². The molecule has 0 N–H and O–H groups in total. The smallest absolute Gasteiger partial charge is 0.308 e. The van der Waals surface area contributed by atoms with Gasteiger partial charge in [0, 0.05) is 10.8 Å². The molecule has 0 saturated heterocycles. The standard InChI is InChI=1S/C36H34O4/c1-23(33(37)39-3)21-35(29-17-9-5-13-25(29)26-14-6-10-18-30(26)35)36(22-24(2)34(38)40-4)31-19-11-7-15-27(31)28-16-8-12-20-32(28)36/h5-20,23-24H,21-22H2,1-4H3. The first-order valence-electron chi connectivity index (χ1n) is 13.9. The van der Waals surface area contributed by atoms with E-state index in [0.717, 1.165) is 0 Å². The zero-order valence-electron chi connectivity index (χ0n) is 23.4. The minimum absolute atomic E-state index is 0.239. The zero-order valence-corrected chi connectivity index (χ0v) is 23.4. The summed E-state index contributed by atoms with van der Waals surface area (Å²) < 4.78 is 10.6. The summed E-state index contributed by atoms with van der Waals surface area (Å²) in [4.78, 5) is 26.3. The van der Waals surface area contributed by atoms with Crippen molar-refractivity contribution >= 4 is 11.9 Å². The molecule has 0 spiro atoms. The van der Waals surface area contributed by atoms with Gasteiger partial charge in [-0.15, -0.1) is 0 Å². The van der Waals surface area contributed by atoms with Gasteiger partial charge in [-0.3, -0.25) is 9.59 Å². The molecule has 0 amide bonds. The lowest BCUT2D eigenvalue weighted by Gasteiger charge is -2.51. The number of fused-ring (bicyclic) bond motifs is 6. The first-order chi connectivity index (χ1) is 19.4. The maximum Gasteiger partial charge on any atom is 0.308 e. The third-order valence-corrected chi connectivity index (χ3v) is 9.29. The van der Waals surface area contributed by atoms with Crippen LogP contribution < -0.4 is 0 Å². The lowest BCUT2D eigenvalue weighted by Crippen LogP contribution is -2.52. The summed E-state index contributed by atoms with van der Waals surface area (Å²) in [7, 11) is 2.91. The van der Waals surface area contributed by atoms with Gasteiger partial charge in [-0.05, 0) is 57.3 Å². The zero-order chi connectivity index (χ0) is 28.1. The van der Waals surface area contributed by atoms with E-state index in [1.165, 1.54) is 58.7 Å². The van der Waals surface area contributed by atoms with Crippen molar-refractivity contribution in [2.75, 3.05) is 14.2 Å². The van der Waals surface area contributed by atoms with Crippen LogP contribution in [-0.2, 0) is 29.9 Å². The Kier molecular flexibility index (Phi) is 6.37. The molecule has 0 aromatic heterocycles. The highest BCUT2D eigenvalue weighted by Gasteiger charge is 2.63. The molecule has 0 aliphatic heterocycles. The van der Waals surface area contributed by atoms with E-state index in [9.17, 15) is 9.59 Å². The molecule has 40 heavy (non-hydrogen) atoms. The Hall–Kier alpha value is -4.18. The Labute approximate surface area is 236 Å². The van der Waals surface area contributed by atoms with Crippen molar-refractivity contribution in [1.82, 2.24) is 0 Å². The van der Waals surface area contributed by atoms with Crippen LogP contribution in [0.15, 0.2) is 97.1 Å². The Morgan fingerprint density at radius 1 is 0.525 bits per heavy atom. The summed E-state index contributed by atoms with van der Waals surface area (Å²) in [6.07, 6.45) is 1.04. The molecule has 0 heterocycles. The van der Waals surface area contributed by atoms with E-state index in [2.05, 4.69) is 97.1 Å². The predicted molar refractivity (Wildman–Crippen MR) is 157 cm³/mol. The number of hydrogen-bond donors (Lipinski definition) is 0. The number of methoxy groups -OCH3 is 2. The topological polar surface area (TPSA) is 52.6 Å². The normalized spacial score (nSPS) is 16.6. The van der Waals surface area contributed by atoms with Gasteiger partial charge in [0.05, 0.1) is 26.1 Å². The fraction of sp³-hybridized carbons (Fsp3) is 0.278. The second kappa shape index (κ2) is 9.78. The molecule has 202 valence electrons. The molecular formula is C36H34O4. The first kappa shape index (κ1) is 26.1. The van der Waals surface area contributed by atoms with E-state index in [4.69, 9.17) is 9.47 Å². The second-order valence-corrected chi connectivity index (χ2v) is 11.2. The molecule has 4 aromatic rings. The summed E-state index contributed by atoms with van der Waals surface area (Å²) in [5, 5.41) is 0. The van der Waals surface area contributed by atoms with E-state index in [1.54, 1.807) is 0 Å². The third kappa shape index (κ3) is 3.45. The van der Waals surface area contributed by atoms with Gasteiger partial charge in [0.25, 0.3) is 0 Å². The van der Waals surface area contributed by atoms with Crippen LogP contribution in [0.2, 0.25) is 0 Å². The van der Waals surface area contributed by atoms with Crippen molar-refractivity contribution < 1.29 is 19.1 Å². The fourth-order valence-corrected chi connectivity index (χ4v) is 7.85. The van der Waals surface area contributed by atoms with Gasteiger partial charge >= 0.3 is 11.9 Å². The molecule has 0 radical (unpaired) electrons. The maximum absolute atomic E-state index is 13.2. The Morgan fingerprint density at radius 3 is 1.02 bits per heavy atom. The minimum Gasteiger partial charge on any atom is -0.469 e. The van der Waals surface area contributed by atoms with Crippen LogP contribution in [0.5, 0.6) is 0 Å². The second-order valence-electron chi connectivity index (χ2n) is 11.2. The summed E-state index contributed by atoms with van der Waals surface area (Å²) in [5.41, 5.74) is 8.04. The number of carbonyl (C=O) groups is 2. The lowest BCUT2D eigenvalue weighted by molar-refractivity contribution is -0.147. The van der Waals surface area contributed by atoms with Gasteiger partial charge in [-0.1, -0.05) is 111 Å². The Bertz CT molecular complexity index is 1400. The van der Waals surface area contributed by atoms with E-state index in [0.29, 0.717) is 12.8 Å². The number of hydrogen-bond acceptors (Lipinski definition) is 4. The van der Waals surface area contributed by atoms with Crippen molar-refractivity contribution in [2.24, 2.45) is 11.8 Å². The molecular weight excluding hydrogens is 496 g/mol. The van der Waals surface area contributed by atoms with E-state index in [-0.39, 0.29) is 11.9 Å². The van der Waals surface area contributed by atoms with E-state index < -0.39 is 22.7 Å². The molecule has 0 saturated carbocycles. The molecule has 2 unspecified atom stereocenters. The minimum atomic E-state index is -0.668. The fourth-order valence-electron chi connectivity index (χ4n) is 7.85. The van der Waals surface area contributed by atoms with Gasteiger partial charge in [0.15, 0.2) is 0 Å². The summed E-state index contributed by atoms with van der Waals surface area (Å²) in [6.45, 7) is 3.92. The molecule has 4 aromatic carbocycles. The van der Waals surface area contributed by atoms with Crippen LogP contribution in [0.4, 0.5) is 0 Å². The van der Waals surface area contributed by atoms with Crippen molar-refractivity contribution in [3.8, 4) is 22.3 Å². The maximum atomic E-state index is 13.2. The highest BCUT2D eigenvalue weighted by atomic mass is 16.5. The largest absolute Gasteiger partial charge is 0.469 e. The summed E-state index contributed by atoms with van der Waals surface area (Å²) in [6, 6.07) is 34.3. The van der Waals surface area contributed by atoms with Crippen molar-refractivity contribution in [3.05, 3.63) is 119 Å². The predicted octanol–water partition coefficient (Wildman–Crippen LogP) is 7.32. The van der Waals surface area contributed by atoms with Crippen molar-refractivity contribution in [3.63, 3.8) is 0 Å². The van der Waals surface area contributed by atoms with Crippen molar-refractivity contribution in [2.45, 2.75) is 37.5 Å². The van der Waals surface area contributed by atoms with E-state index >= 15 is 0 Å². The van der Waals surface area contributed by atoms with Gasteiger partial charge in [0.2, 0.25) is 0 Å². The number of esters is 2. The average Bonchev–Trinajstić information content (AvgIpc) is 3.45. The average molecular weight is 531 g/mol. The highest BCUT2D eigenvalue weighted by molar-refractivity contribution is 5.90. The molecule has 4 nitrogen and oxygen atoms in total. The Morgan fingerprint density at radius 2 is 0.775 bits per heavy atom. The quantitative estimate of drug-likeness (QED) is 0.235. The van der Waals surface area contributed by atoms with Crippen LogP contribution in [0.25, 0.3) is 22.3 Å². The monoisotopic (exact) mass is 530 g/mol. The first-order valence-corrected chi connectivity index (χ1v) is 13.9. The molecule has 6 rings (SSSR count). The van der Waals surface area contributed by atoms with Crippen LogP contribution in [-0.4, -0.2) is 26.2 Å².